The summed E-state index contributed by atoms with van der Waals surface area (Å²) < 4.78 is 5.27. The molecule has 0 saturated carbocycles. The van der Waals surface area contributed by atoms with Crippen LogP contribution in [-0.2, 0) is 9.53 Å². The molecule has 1 unspecified atom stereocenters. The highest BCUT2D eigenvalue weighted by Gasteiger charge is 2.17. The highest BCUT2D eigenvalue weighted by molar-refractivity contribution is 5.77. The van der Waals surface area contributed by atoms with Crippen LogP contribution in [0.5, 0.6) is 0 Å². The summed E-state index contributed by atoms with van der Waals surface area (Å²) in [7, 11) is 0. The van der Waals surface area contributed by atoms with Gasteiger partial charge in [0.25, 0.3) is 0 Å². The Morgan fingerprint density at radius 3 is 3.00 bits per heavy atom. The first-order valence-electron chi connectivity index (χ1n) is 4.30. The fraction of sp³-hybridized carbons (Fsp3) is 0.875. The molecule has 0 aromatic heterocycles. The van der Waals surface area contributed by atoms with Crippen LogP contribution in [0.3, 0.4) is 0 Å². The predicted molar refractivity (Wildman–Crippen MR) is 45.9 cm³/mol. The van der Waals surface area contributed by atoms with E-state index in [2.05, 4.69) is 24.5 Å². The Morgan fingerprint density at radius 1 is 1.75 bits per heavy atom. The van der Waals surface area contributed by atoms with E-state index in [1.807, 2.05) is 0 Å². The van der Waals surface area contributed by atoms with Gasteiger partial charge in [-0.2, -0.15) is 0 Å². The third-order valence-corrected chi connectivity index (χ3v) is 1.73. The van der Waals surface area contributed by atoms with Crippen molar-refractivity contribution in [2.75, 3.05) is 19.7 Å². The topological polar surface area (TPSA) is 50.4 Å². The van der Waals surface area contributed by atoms with Gasteiger partial charge >= 0.3 is 0 Å². The van der Waals surface area contributed by atoms with E-state index in [-0.39, 0.29) is 18.6 Å². The molecule has 1 saturated heterocycles. The minimum atomic E-state index is -0.0178. The van der Waals surface area contributed by atoms with Crippen molar-refractivity contribution < 1.29 is 9.53 Å². The summed E-state index contributed by atoms with van der Waals surface area (Å²) in [5.74, 6) is -0.0178. The van der Waals surface area contributed by atoms with E-state index >= 15 is 0 Å². The second kappa shape index (κ2) is 4.42. The third kappa shape index (κ3) is 3.19. The lowest BCUT2D eigenvalue weighted by molar-refractivity contribution is -0.132. The van der Waals surface area contributed by atoms with Crippen molar-refractivity contribution in [3.63, 3.8) is 0 Å². The molecule has 0 aliphatic carbocycles. The van der Waals surface area contributed by atoms with Crippen LogP contribution in [0.2, 0.25) is 0 Å². The van der Waals surface area contributed by atoms with E-state index in [4.69, 9.17) is 4.74 Å². The van der Waals surface area contributed by atoms with E-state index in [0.717, 1.165) is 6.54 Å². The normalized spacial score (nSPS) is 24.2. The number of carbonyl (C=O) groups is 1. The van der Waals surface area contributed by atoms with Gasteiger partial charge in [0.05, 0.1) is 6.10 Å². The molecule has 70 valence electrons. The molecular weight excluding hydrogens is 156 g/mol. The standard InChI is InChI=1S/C8H16N2O2/c1-6(2)9-3-7-4-10-8(11)5-12-7/h6-7,9H,3-5H2,1-2H3,(H,10,11). The fourth-order valence-corrected chi connectivity index (χ4v) is 1.03. The molecule has 2 N–H and O–H groups in total. The zero-order chi connectivity index (χ0) is 8.97. The van der Waals surface area contributed by atoms with Gasteiger partial charge in [0.1, 0.15) is 6.61 Å². The highest BCUT2D eigenvalue weighted by atomic mass is 16.5. The van der Waals surface area contributed by atoms with Crippen LogP contribution in [-0.4, -0.2) is 37.7 Å². The lowest BCUT2D eigenvalue weighted by Gasteiger charge is -2.24. The van der Waals surface area contributed by atoms with Crippen molar-refractivity contribution in [1.29, 1.82) is 0 Å². The summed E-state index contributed by atoms with van der Waals surface area (Å²) >= 11 is 0. The van der Waals surface area contributed by atoms with Gasteiger partial charge in [-0.1, -0.05) is 13.8 Å². The second-order valence-corrected chi connectivity index (χ2v) is 3.30. The van der Waals surface area contributed by atoms with Crippen LogP contribution in [0.25, 0.3) is 0 Å². The summed E-state index contributed by atoms with van der Waals surface area (Å²) in [6.07, 6.45) is 0.130. The van der Waals surface area contributed by atoms with Crippen LogP contribution in [0.1, 0.15) is 13.8 Å². The number of carbonyl (C=O) groups excluding carboxylic acids is 1. The molecule has 0 aromatic rings. The molecule has 0 bridgehead atoms. The first kappa shape index (κ1) is 9.48. The minimum Gasteiger partial charge on any atom is -0.365 e. The van der Waals surface area contributed by atoms with Gasteiger partial charge in [-0.15, -0.1) is 0 Å². The summed E-state index contributed by atoms with van der Waals surface area (Å²) in [6.45, 7) is 5.80. The van der Waals surface area contributed by atoms with Crippen molar-refractivity contribution >= 4 is 5.91 Å². The van der Waals surface area contributed by atoms with Crippen molar-refractivity contribution in [2.45, 2.75) is 26.0 Å². The van der Waals surface area contributed by atoms with Crippen LogP contribution in [0, 0.1) is 0 Å². The van der Waals surface area contributed by atoms with E-state index in [1.54, 1.807) is 0 Å². The number of nitrogens with one attached hydrogen (secondary N) is 2. The van der Waals surface area contributed by atoms with E-state index in [0.29, 0.717) is 12.6 Å². The van der Waals surface area contributed by atoms with Crippen molar-refractivity contribution in [1.82, 2.24) is 10.6 Å². The molecule has 1 aliphatic heterocycles. The Hall–Kier alpha value is -0.610. The zero-order valence-electron chi connectivity index (χ0n) is 7.59. The monoisotopic (exact) mass is 172 g/mol. The number of hydrogen-bond donors (Lipinski definition) is 2. The molecule has 4 heteroatoms. The first-order valence-corrected chi connectivity index (χ1v) is 4.30. The maximum absolute atomic E-state index is 10.7. The van der Waals surface area contributed by atoms with Crippen LogP contribution in [0.4, 0.5) is 0 Å². The van der Waals surface area contributed by atoms with Gasteiger partial charge in [0, 0.05) is 19.1 Å². The average molecular weight is 172 g/mol. The van der Waals surface area contributed by atoms with Crippen molar-refractivity contribution in [3.8, 4) is 0 Å². The predicted octanol–water partition coefficient (Wildman–Crippen LogP) is -0.501. The van der Waals surface area contributed by atoms with Crippen molar-refractivity contribution in [3.05, 3.63) is 0 Å². The number of morpholine rings is 1. The highest BCUT2D eigenvalue weighted by Crippen LogP contribution is 1.95. The Morgan fingerprint density at radius 2 is 2.50 bits per heavy atom. The van der Waals surface area contributed by atoms with Crippen molar-refractivity contribution in [2.24, 2.45) is 0 Å². The van der Waals surface area contributed by atoms with Crippen LogP contribution < -0.4 is 10.6 Å². The Kier molecular flexibility index (Phi) is 3.49. The number of ether oxygens (including phenoxy) is 1. The Bertz CT molecular complexity index is 149. The molecule has 1 heterocycles. The SMILES string of the molecule is CC(C)NCC1CNC(=O)CO1. The molecular formula is C8H16N2O2. The maximum Gasteiger partial charge on any atom is 0.246 e. The molecule has 4 nitrogen and oxygen atoms in total. The molecule has 1 atom stereocenters. The van der Waals surface area contributed by atoms with E-state index in [1.165, 1.54) is 0 Å². The third-order valence-electron chi connectivity index (χ3n) is 1.73. The minimum absolute atomic E-state index is 0.0178. The van der Waals surface area contributed by atoms with Gasteiger partial charge in [0.15, 0.2) is 0 Å². The molecule has 0 aromatic carbocycles. The zero-order valence-corrected chi connectivity index (χ0v) is 7.59. The van der Waals surface area contributed by atoms with E-state index < -0.39 is 0 Å². The lowest BCUT2D eigenvalue weighted by Crippen LogP contribution is -2.48. The quantitative estimate of drug-likeness (QED) is 0.603. The summed E-state index contributed by atoms with van der Waals surface area (Å²) in [4.78, 5) is 10.7. The lowest BCUT2D eigenvalue weighted by atomic mass is 10.3. The number of hydrogen-bond acceptors (Lipinski definition) is 3. The van der Waals surface area contributed by atoms with Gasteiger partial charge in [-0.3, -0.25) is 4.79 Å². The smallest absolute Gasteiger partial charge is 0.246 e. The van der Waals surface area contributed by atoms with Gasteiger partial charge < -0.3 is 15.4 Å². The number of rotatable bonds is 3. The first-order chi connectivity index (χ1) is 5.68. The molecule has 1 aliphatic rings. The number of amides is 1. The second-order valence-electron chi connectivity index (χ2n) is 3.30. The average Bonchev–Trinajstić information content (AvgIpc) is 2.03. The molecule has 0 spiro atoms. The van der Waals surface area contributed by atoms with Gasteiger partial charge in [-0.05, 0) is 0 Å². The fourth-order valence-electron chi connectivity index (χ4n) is 1.03. The van der Waals surface area contributed by atoms with Crippen LogP contribution >= 0.6 is 0 Å². The van der Waals surface area contributed by atoms with E-state index in [9.17, 15) is 4.79 Å². The molecule has 1 amide bonds. The summed E-state index contributed by atoms with van der Waals surface area (Å²) in [5, 5.41) is 6.01. The summed E-state index contributed by atoms with van der Waals surface area (Å²) in [6, 6.07) is 0.464. The molecule has 1 rings (SSSR count). The Balaban J connectivity index is 2.13. The van der Waals surface area contributed by atoms with Gasteiger partial charge in [0.2, 0.25) is 5.91 Å². The summed E-state index contributed by atoms with van der Waals surface area (Å²) in [5.41, 5.74) is 0. The van der Waals surface area contributed by atoms with Crippen LogP contribution in [0.15, 0.2) is 0 Å². The molecule has 12 heavy (non-hydrogen) atoms. The Labute approximate surface area is 72.7 Å². The van der Waals surface area contributed by atoms with Gasteiger partial charge in [-0.25, -0.2) is 0 Å². The largest absolute Gasteiger partial charge is 0.365 e. The maximum atomic E-state index is 10.7. The molecule has 1 fully saturated rings. The molecule has 0 radical (unpaired) electrons.